The van der Waals surface area contributed by atoms with Gasteiger partial charge in [0.25, 0.3) is 0 Å². The Kier molecular flexibility index (Phi) is 11.0. The molecule has 1 aliphatic heterocycles. The van der Waals surface area contributed by atoms with E-state index in [1.165, 1.54) is 13.0 Å². The first kappa shape index (κ1) is 24.5. The van der Waals surface area contributed by atoms with Crippen LogP contribution in [0.2, 0.25) is 0 Å². The van der Waals surface area contributed by atoms with Gasteiger partial charge in [0.15, 0.2) is 5.96 Å². The number of hydrogen-bond donors (Lipinski definition) is 2. The van der Waals surface area contributed by atoms with Crippen LogP contribution in [0, 0.1) is 5.41 Å². The summed E-state index contributed by atoms with van der Waals surface area (Å²) in [5.74, 6) is 1.11. The van der Waals surface area contributed by atoms with E-state index in [1.54, 1.807) is 4.90 Å². The van der Waals surface area contributed by atoms with Gasteiger partial charge in [-0.05, 0) is 45.6 Å². The Morgan fingerprint density at radius 3 is 2.33 bits per heavy atom. The predicted octanol–water partition coefficient (Wildman–Crippen LogP) is 2.68. The van der Waals surface area contributed by atoms with Gasteiger partial charge in [0.05, 0.1) is 12.0 Å². The van der Waals surface area contributed by atoms with Crippen molar-refractivity contribution < 1.29 is 4.79 Å². The maximum atomic E-state index is 12.7. The minimum absolute atomic E-state index is 0. The number of amides is 1. The van der Waals surface area contributed by atoms with Gasteiger partial charge < -0.3 is 20.4 Å². The molecule has 2 aliphatic rings. The van der Waals surface area contributed by atoms with Crippen molar-refractivity contribution in [1.29, 1.82) is 0 Å². The fourth-order valence-corrected chi connectivity index (χ4v) is 4.33. The molecule has 0 bridgehead atoms. The summed E-state index contributed by atoms with van der Waals surface area (Å²) in [6.07, 6.45) is 7.73. The second kappa shape index (κ2) is 12.1. The molecule has 2 rings (SSSR count). The summed E-state index contributed by atoms with van der Waals surface area (Å²) in [5, 5.41) is 6.99. The summed E-state index contributed by atoms with van der Waals surface area (Å²) in [6.45, 7) is 9.30. The highest BCUT2D eigenvalue weighted by molar-refractivity contribution is 14.0. The number of rotatable bonds is 7. The van der Waals surface area contributed by atoms with E-state index >= 15 is 0 Å². The van der Waals surface area contributed by atoms with Gasteiger partial charge in [0.2, 0.25) is 5.91 Å². The van der Waals surface area contributed by atoms with Crippen LogP contribution in [0.4, 0.5) is 0 Å². The van der Waals surface area contributed by atoms with Gasteiger partial charge in [-0.1, -0.05) is 19.8 Å². The summed E-state index contributed by atoms with van der Waals surface area (Å²) in [7, 11) is 3.72. The van der Waals surface area contributed by atoms with Gasteiger partial charge in [-0.3, -0.25) is 9.79 Å². The Morgan fingerprint density at radius 2 is 1.81 bits per heavy atom. The van der Waals surface area contributed by atoms with Gasteiger partial charge in [-0.2, -0.15) is 0 Å². The molecule has 6 nitrogen and oxygen atoms in total. The number of piperidine rings is 1. The highest BCUT2D eigenvalue weighted by atomic mass is 127. The van der Waals surface area contributed by atoms with E-state index < -0.39 is 0 Å². The van der Waals surface area contributed by atoms with Gasteiger partial charge in [-0.15, -0.1) is 24.0 Å². The van der Waals surface area contributed by atoms with Gasteiger partial charge in [-0.25, -0.2) is 0 Å². The molecule has 158 valence electrons. The normalized spacial score (nSPS) is 20.8. The molecular formula is C20H40IN5O. The third-order valence-corrected chi connectivity index (χ3v) is 5.77. The number of guanidine groups is 1. The standard InChI is InChI=1S/C20H39N5O.HI/c1-5-13-25-14-9-17(10-15-25)23-19(21-6-2)22-16-20(11-7-8-12-20)18(26)24(3)4;/h17H,5-16H2,1-4H3,(H2,21,22,23);1H. The number of aliphatic imine (C=N–C) groups is 1. The monoisotopic (exact) mass is 493 g/mol. The molecule has 0 spiro atoms. The highest BCUT2D eigenvalue weighted by Gasteiger charge is 2.42. The second-order valence-electron chi connectivity index (χ2n) is 8.14. The predicted molar refractivity (Wildman–Crippen MR) is 124 cm³/mol. The molecule has 0 atom stereocenters. The highest BCUT2D eigenvalue weighted by Crippen LogP contribution is 2.39. The second-order valence-corrected chi connectivity index (χ2v) is 8.14. The molecule has 1 heterocycles. The molecule has 1 saturated heterocycles. The molecule has 1 amide bonds. The van der Waals surface area contributed by atoms with Crippen molar-refractivity contribution in [3.63, 3.8) is 0 Å². The zero-order valence-electron chi connectivity index (χ0n) is 17.7. The van der Waals surface area contributed by atoms with E-state index in [0.29, 0.717) is 12.6 Å². The summed E-state index contributed by atoms with van der Waals surface area (Å²) in [5.41, 5.74) is -0.295. The Bertz CT molecular complexity index is 469. The Hall–Kier alpha value is -0.570. The lowest BCUT2D eigenvalue weighted by molar-refractivity contribution is -0.138. The van der Waals surface area contributed by atoms with E-state index in [2.05, 4.69) is 29.4 Å². The summed E-state index contributed by atoms with van der Waals surface area (Å²) in [4.78, 5) is 21.9. The van der Waals surface area contributed by atoms with Gasteiger partial charge in [0, 0.05) is 39.8 Å². The van der Waals surface area contributed by atoms with Crippen LogP contribution in [0.1, 0.15) is 58.8 Å². The first-order chi connectivity index (χ1) is 12.5. The number of nitrogens with one attached hydrogen (secondary N) is 2. The summed E-state index contributed by atoms with van der Waals surface area (Å²) < 4.78 is 0. The van der Waals surface area contributed by atoms with E-state index in [9.17, 15) is 4.79 Å². The molecule has 2 fully saturated rings. The van der Waals surface area contributed by atoms with E-state index in [4.69, 9.17) is 4.99 Å². The molecule has 7 heteroatoms. The lowest BCUT2D eigenvalue weighted by Gasteiger charge is -2.33. The van der Waals surface area contributed by atoms with Crippen LogP contribution in [0.5, 0.6) is 0 Å². The zero-order valence-corrected chi connectivity index (χ0v) is 20.1. The number of carbonyl (C=O) groups is 1. The van der Waals surface area contributed by atoms with Crippen LogP contribution < -0.4 is 10.6 Å². The van der Waals surface area contributed by atoms with Crippen molar-refractivity contribution in [2.75, 3.05) is 46.8 Å². The first-order valence-electron chi connectivity index (χ1n) is 10.5. The Morgan fingerprint density at radius 1 is 1.19 bits per heavy atom. The van der Waals surface area contributed by atoms with Crippen molar-refractivity contribution in [2.45, 2.75) is 64.8 Å². The van der Waals surface area contributed by atoms with Crippen LogP contribution in [0.15, 0.2) is 4.99 Å². The molecule has 2 N–H and O–H groups in total. The molecule has 0 aromatic carbocycles. The van der Waals surface area contributed by atoms with Crippen LogP contribution >= 0.6 is 24.0 Å². The smallest absolute Gasteiger partial charge is 0.230 e. The van der Waals surface area contributed by atoms with Gasteiger partial charge in [0.1, 0.15) is 0 Å². The SMILES string of the molecule is CCCN1CCC(NC(=NCC2(C(=O)N(C)C)CCCC2)NCC)CC1.I. The molecule has 0 radical (unpaired) electrons. The largest absolute Gasteiger partial charge is 0.357 e. The van der Waals surface area contributed by atoms with E-state index in [1.807, 2.05) is 14.1 Å². The molecule has 1 aliphatic carbocycles. The topological polar surface area (TPSA) is 60.0 Å². The van der Waals surface area contributed by atoms with Crippen LogP contribution in [0.25, 0.3) is 0 Å². The third-order valence-electron chi connectivity index (χ3n) is 5.77. The Balaban J connectivity index is 0.00000364. The van der Waals surface area contributed by atoms with Crippen molar-refractivity contribution >= 4 is 35.8 Å². The number of carbonyl (C=O) groups excluding carboxylic acids is 1. The third kappa shape index (κ3) is 7.07. The number of likely N-dealkylation sites (tertiary alicyclic amines) is 1. The van der Waals surface area contributed by atoms with E-state index in [0.717, 1.165) is 64.1 Å². The van der Waals surface area contributed by atoms with Crippen molar-refractivity contribution in [1.82, 2.24) is 20.4 Å². The number of nitrogens with zero attached hydrogens (tertiary/aromatic N) is 3. The average molecular weight is 493 g/mol. The van der Waals surface area contributed by atoms with Crippen molar-refractivity contribution in [3.8, 4) is 0 Å². The first-order valence-corrected chi connectivity index (χ1v) is 10.5. The average Bonchev–Trinajstić information content (AvgIpc) is 3.11. The molecule has 0 aromatic heterocycles. The fraction of sp³-hybridized carbons (Fsp3) is 0.900. The minimum Gasteiger partial charge on any atom is -0.357 e. The zero-order chi connectivity index (χ0) is 19.0. The molecular weight excluding hydrogens is 453 g/mol. The summed E-state index contributed by atoms with van der Waals surface area (Å²) >= 11 is 0. The maximum Gasteiger partial charge on any atom is 0.230 e. The lowest BCUT2D eigenvalue weighted by atomic mass is 9.85. The maximum absolute atomic E-state index is 12.7. The molecule has 0 unspecified atom stereocenters. The van der Waals surface area contributed by atoms with Crippen LogP contribution in [-0.2, 0) is 4.79 Å². The molecule has 1 saturated carbocycles. The van der Waals surface area contributed by atoms with Crippen molar-refractivity contribution in [3.05, 3.63) is 0 Å². The number of halogens is 1. The van der Waals surface area contributed by atoms with Crippen LogP contribution in [0.3, 0.4) is 0 Å². The van der Waals surface area contributed by atoms with E-state index in [-0.39, 0.29) is 35.3 Å². The minimum atomic E-state index is -0.295. The lowest BCUT2D eigenvalue weighted by Crippen LogP contribution is -2.49. The fourth-order valence-electron chi connectivity index (χ4n) is 4.33. The Labute approximate surface area is 182 Å². The van der Waals surface area contributed by atoms with Gasteiger partial charge >= 0.3 is 0 Å². The molecule has 0 aromatic rings. The van der Waals surface area contributed by atoms with Crippen molar-refractivity contribution in [2.24, 2.45) is 10.4 Å². The number of hydrogen-bond acceptors (Lipinski definition) is 3. The summed E-state index contributed by atoms with van der Waals surface area (Å²) in [6, 6.07) is 0.477. The molecule has 27 heavy (non-hydrogen) atoms. The quantitative estimate of drug-likeness (QED) is 0.325. The van der Waals surface area contributed by atoms with Crippen LogP contribution in [-0.4, -0.2) is 74.5 Å².